The van der Waals surface area contributed by atoms with Gasteiger partial charge in [0.2, 0.25) is 0 Å². The topological polar surface area (TPSA) is 79.7 Å². The Morgan fingerprint density at radius 2 is 2.13 bits per heavy atom. The Labute approximate surface area is 133 Å². The van der Waals surface area contributed by atoms with Gasteiger partial charge >= 0.3 is 0 Å². The van der Waals surface area contributed by atoms with Gasteiger partial charge in [-0.15, -0.1) is 0 Å². The number of rotatable bonds is 2. The summed E-state index contributed by atoms with van der Waals surface area (Å²) in [4.78, 5) is 19.2. The van der Waals surface area contributed by atoms with Crippen LogP contribution in [0, 0.1) is 6.92 Å². The highest BCUT2D eigenvalue weighted by Gasteiger charge is 2.30. The number of aryl methyl sites for hydroxylation is 2. The minimum absolute atomic E-state index is 0.0448. The van der Waals surface area contributed by atoms with E-state index in [1.165, 1.54) is 0 Å². The molecule has 1 aliphatic heterocycles. The maximum Gasteiger partial charge on any atom is 0.253 e. The predicted octanol–water partition coefficient (Wildman–Crippen LogP) is 1.63. The molecule has 1 aliphatic rings. The molecule has 23 heavy (non-hydrogen) atoms. The molecule has 0 saturated carbocycles. The van der Waals surface area contributed by atoms with Crippen LogP contribution in [-0.2, 0) is 7.05 Å². The van der Waals surface area contributed by atoms with Crippen LogP contribution in [0.5, 0.6) is 0 Å². The zero-order valence-corrected chi connectivity index (χ0v) is 13.2. The van der Waals surface area contributed by atoms with E-state index in [1.807, 2.05) is 37.2 Å². The van der Waals surface area contributed by atoms with Crippen molar-refractivity contribution in [1.82, 2.24) is 29.9 Å². The smallest absolute Gasteiger partial charge is 0.253 e. The fourth-order valence-electron chi connectivity index (χ4n) is 3.33. The number of fused-ring (bicyclic) bond motifs is 1. The van der Waals surface area contributed by atoms with Crippen molar-refractivity contribution in [2.24, 2.45) is 7.05 Å². The Hall–Kier alpha value is -2.70. The Morgan fingerprint density at radius 3 is 2.91 bits per heavy atom. The van der Waals surface area contributed by atoms with Gasteiger partial charge in [0, 0.05) is 37.8 Å². The van der Waals surface area contributed by atoms with Gasteiger partial charge in [-0.2, -0.15) is 15.4 Å². The van der Waals surface area contributed by atoms with Gasteiger partial charge in [-0.05, 0) is 31.5 Å². The summed E-state index contributed by atoms with van der Waals surface area (Å²) in [5, 5.41) is 10.6. The van der Waals surface area contributed by atoms with Gasteiger partial charge in [0.15, 0.2) is 0 Å². The van der Waals surface area contributed by atoms with Crippen LogP contribution in [0.3, 0.4) is 0 Å². The number of H-pyrrole nitrogens is 1. The first-order valence-corrected chi connectivity index (χ1v) is 7.71. The number of aromatic amines is 1. The molecule has 0 unspecified atom stereocenters. The molecule has 4 rings (SSSR count). The van der Waals surface area contributed by atoms with Crippen molar-refractivity contribution in [3.8, 4) is 0 Å². The van der Waals surface area contributed by atoms with Crippen molar-refractivity contribution in [2.45, 2.75) is 19.3 Å². The molecular formula is C16H18N6O. The van der Waals surface area contributed by atoms with Crippen LogP contribution in [0.15, 0.2) is 24.4 Å². The number of carbonyl (C=O) groups is 1. The number of imidazole rings is 1. The maximum atomic E-state index is 12.7. The summed E-state index contributed by atoms with van der Waals surface area (Å²) in [6, 6.07) is 5.42. The number of hydrogen-bond donors (Lipinski definition) is 1. The van der Waals surface area contributed by atoms with E-state index in [0.717, 1.165) is 30.0 Å². The first kappa shape index (κ1) is 13.9. The highest BCUT2D eigenvalue weighted by molar-refractivity contribution is 5.97. The number of carbonyl (C=O) groups excluding carboxylic acids is 1. The zero-order valence-electron chi connectivity index (χ0n) is 13.2. The zero-order chi connectivity index (χ0) is 16.0. The molecule has 1 amide bonds. The monoisotopic (exact) mass is 310 g/mol. The first-order valence-electron chi connectivity index (χ1n) is 7.71. The maximum absolute atomic E-state index is 12.7. The third-order valence-electron chi connectivity index (χ3n) is 4.44. The molecule has 1 atom stereocenters. The van der Waals surface area contributed by atoms with Crippen molar-refractivity contribution >= 4 is 16.9 Å². The molecule has 0 aliphatic carbocycles. The van der Waals surface area contributed by atoms with Gasteiger partial charge in [0.1, 0.15) is 16.9 Å². The lowest BCUT2D eigenvalue weighted by Crippen LogP contribution is -2.28. The first-order chi connectivity index (χ1) is 11.1. The summed E-state index contributed by atoms with van der Waals surface area (Å²) in [5.74, 6) is 1.40. The lowest BCUT2D eigenvalue weighted by molar-refractivity contribution is 0.0790. The average molecular weight is 310 g/mol. The summed E-state index contributed by atoms with van der Waals surface area (Å²) in [6.45, 7) is 3.46. The second-order valence-electron chi connectivity index (χ2n) is 6.12. The number of amides is 1. The predicted molar refractivity (Wildman–Crippen MR) is 85.1 cm³/mol. The minimum atomic E-state index is 0.0448. The van der Waals surface area contributed by atoms with Crippen molar-refractivity contribution < 1.29 is 4.79 Å². The lowest BCUT2D eigenvalue weighted by atomic mass is 10.1. The molecule has 1 fully saturated rings. The van der Waals surface area contributed by atoms with Crippen molar-refractivity contribution in [3.05, 3.63) is 41.5 Å². The van der Waals surface area contributed by atoms with Crippen LogP contribution in [0.1, 0.15) is 34.2 Å². The lowest BCUT2D eigenvalue weighted by Gasteiger charge is -2.16. The van der Waals surface area contributed by atoms with Crippen LogP contribution in [0.2, 0.25) is 0 Å². The summed E-state index contributed by atoms with van der Waals surface area (Å²) >= 11 is 0. The quantitative estimate of drug-likeness (QED) is 0.780. The Morgan fingerprint density at radius 1 is 1.30 bits per heavy atom. The molecule has 2 aromatic heterocycles. The van der Waals surface area contributed by atoms with Crippen LogP contribution in [0.25, 0.3) is 11.0 Å². The van der Waals surface area contributed by atoms with Crippen LogP contribution in [0.4, 0.5) is 0 Å². The van der Waals surface area contributed by atoms with Gasteiger partial charge in [-0.1, -0.05) is 0 Å². The van der Waals surface area contributed by atoms with E-state index in [4.69, 9.17) is 0 Å². The molecule has 1 aromatic carbocycles. The normalized spacial score (nSPS) is 18.0. The Bertz CT molecular complexity index is 880. The van der Waals surface area contributed by atoms with E-state index in [0.29, 0.717) is 23.5 Å². The molecule has 1 saturated heterocycles. The molecule has 0 radical (unpaired) electrons. The number of likely N-dealkylation sites (tertiary alicyclic amines) is 1. The number of aromatic nitrogens is 5. The van der Waals surface area contributed by atoms with Crippen molar-refractivity contribution in [3.63, 3.8) is 0 Å². The molecule has 1 N–H and O–H groups in total. The van der Waals surface area contributed by atoms with Crippen LogP contribution in [-0.4, -0.2) is 48.9 Å². The van der Waals surface area contributed by atoms with E-state index < -0.39 is 0 Å². The minimum Gasteiger partial charge on any atom is -0.338 e. The third-order valence-corrected chi connectivity index (χ3v) is 4.44. The molecule has 3 heterocycles. The van der Waals surface area contributed by atoms with Gasteiger partial charge in [-0.3, -0.25) is 4.79 Å². The van der Waals surface area contributed by atoms with Gasteiger partial charge in [0.25, 0.3) is 5.91 Å². The fourth-order valence-corrected chi connectivity index (χ4v) is 3.33. The molecule has 0 bridgehead atoms. The number of nitrogens with one attached hydrogen (secondary N) is 1. The van der Waals surface area contributed by atoms with Crippen LogP contribution < -0.4 is 0 Å². The largest absolute Gasteiger partial charge is 0.338 e. The summed E-state index contributed by atoms with van der Waals surface area (Å²) in [7, 11) is 2.01. The van der Waals surface area contributed by atoms with Crippen molar-refractivity contribution in [1.29, 1.82) is 0 Å². The van der Waals surface area contributed by atoms with Gasteiger partial charge in [0.05, 0.1) is 5.69 Å². The highest BCUT2D eigenvalue weighted by atomic mass is 16.2. The van der Waals surface area contributed by atoms with Crippen LogP contribution >= 0.6 is 0 Å². The second kappa shape index (κ2) is 5.19. The summed E-state index contributed by atoms with van der Waals surface area (Å²) in [6.07, 6.45) is 2.97. The van der Waals surface area contributed by atoms with Crippen molar-refractivity contribution in [2.75, 3.05) is 13.1 Å². The average Bonchev–Trinajstić information content (AvgIpc) is 3.24. The highest BCUT2D eigenvalue weighted by Crippen LogP contribution is 2.27. The fraction of sp³-hybridized carbons (Fsp3) is 0.375. The molecule has 7 heteroatoms. The standard InChI is InChI=1S/C16H18N6O/c1-10-8-21(2)15(17-10)12-5-6-22(9-12)16(23)11-3-4-13-14(7-11)19-20-18-13/h3-4,7-8,12H,5-6,9H2,1-2H3,(H,18,19,20)/t12-/m1/s1. The van der Waals surface area contributed by atoms with E-state index in [1.54, 1.807) is 6.07 Å². The molecule has 7 nitrogen and oxygen atoms in total. The van der Waals surface area contributed by atoms with E-state index in [9.17, 15) is 4.79 Å². The summed E-state index contributed by atoms with van der Waals surface area (Å²) in [5.41, 5.74) is 3.16. The molecule has 118 valence electrons. The SMILES string of the molecule is Cc1cn(C)c([C@@H]2CCN(C(=O)c3ccc4n[nH]nc4c3)C2)n1. The number of nitrogens with zero attached hydrogens (tertiary/aromatic N) is 5. The number of benzene rings is 1. The molecule has 0 spiro atoms. The van der Waals surface area contributed by atoms with E-state index in [-0.39, 0.29) is 5.91 Å². The molecule has 3 aromatic rings. The van der Waals surface area contributed by atoms with E-state index >= 15 is 0 Å². The molecular weight excluding hydrogens is 292 g/mol. The summed E-state index contributed by atoms with van der Waals surface area (Å²) < 4.78 is 2.06. The van der Waals surface area contributed by atoms with Gasteiger partial charge < -0.3 is 9.47 Å². The second-order valence-corrected chi connectivity index (χ2v) is 6.12. The number of hydrogen-bond acceptors (Lipinski definition) is 4. The Balaban J connectivity index is 1.54. The third kappa shape index (κ3) is 2.38. The van der Waals surface area contributed by atoms with E-state index in [2.05, 4.69) is 25.0 Å². The Kier molecular flexibility index (Phi) is 3.14. The van der Waals surface area contributed by atoms with Gasteiger partial charge in [-0.25, -0.2) is 4.98 Å².